The summed E-state index contributed by atoms with van der Waals surface area (Å²) in [6, 6.07) is 22.6. The molecule has 0 spiro atoms. The molecule has 1 N–H and O–H groups in total. The predicted octanol–water partition coefficient (Wildman–Crippen LogP) is 4.73. The number of hydrogen-bond donors (Lipinski definition) is 1. The molecule has 1 fully saturated rings. The Hall–Kier alpha value is -3.64. The number of nitrogens with one attached hydrogen (secondary N) is 1. The van der Waals surface area contributed by atoms with Crippen molar-refractivity contribution >= 4 is 35.3 Å². The van der Waals surface area contributed by atoms with E-state index in [-0.39, 0.29) is 18.2 Å². The molecular formula is C26H24ClN3O3. The summed E-state index contributed by atoms with van der Waals surface area (Å²) in [5.41, 5.74) is 6.15. The summed E-state index contributed by atoms with van der Waals surface area (Å²) < 4.78 is 5.82. The lowest BCUT2D eigenvalue weighted by Gasteiger charge is -2.16. The van der Waals surface area contributed by atoms with Gasteiger partial charge in [-0.05, 0) is 42.8 Å². The molecule has 1 aliphatic heterocycles. The van der Waals surface area contributed by atoms with Crippen molar-refractivity contribution in [3.8, 4) is 5.75 Å². The van der Waals surface area contributed by atoms with Gasteiger partial charge in [0.15, 0.2) is 0 Å². The number of aryl methyl sites for hydroxylation is 1. The summed E-state index contributed by atoms with van der Waals surface area (Å²) in [6.07, 6.45) is 1.72. The van der Waals surface area contributed by atoms with Crippen LogP contribution in [0, 0.1) is 12.8 Å². The summed E-state index contributed by atoms with van der Waals surface area (Å²) in [4.78, 5) is 26.6. The number of hydrazone groups is 1. The van der Waals surface area contributed by atoms with E-state index in [1.165, 1.54) is 0 Å². The monoisotopic (exact) mass is 461 g/mol. The topological polar surface area (TPSA) is 71.0 Å². The first-order chi connectivity index (χ1) is 16.0. The molecule has 1 aliphatic rings. The number of rotatable bonds is 7. The molecule has 1 saturated heterocycles. The molecule has 0 bridgehead atoms. The summed E-state index contributed by atoms with van der Waals surface area (Å²) >= 11 is 6.17. The fourth-order valence-electron chi connectivity index (χ4n) is 3.58. The van der Waals surface area contributed by atoms with Crippen molar-refractivity contribution in [2.24, 2.45) is 11.0 Å². The van der Waals surface area contributed by atoms with Gasteiger partial charge in [-0.2, -0.15) is 5.10 Å². The number of ether oxygens (including phenoxy) is 1. The van der Waals surface area contributed by atoms with Crippen molar-refractivity contribution in [1.82, 2.24) is 5.43 Å². The zero-order valence-electron chi connectivity index (χ0n) is 18.2. The molecule has 0 radical (unpaired) electrons. The van der Waals surface area contributed by atoms with Crippen LogP contribution in [-0.2, 0) is 16.2 Å². The first kappa shape index (κ1) is 22.6. The van der Waals surface area contributed by atoms with Gasteiger partial charge < -0.3 is 9.64 Å². The number of halogens is 1. The second-order valence-electron chi connectivity index (χ2n) is 7.93. The number of amides is 2. The Bertz CT molecular complexity index is 1180. The maximum atomic E-state index is 12.5. The van der Waals surface area contributed by atoms with Crippen molar-refractivity contribution in [1.29, 1.82) is 0 Å². The molecular weight excluding hydrogens is 438 g/mol. The van der Waals surface area contributed by atoms with Crippen LogP contribution in [-0.4, -0.2) is 24.6 Å². The van der Waals surface area contributed by atoms with Crippen LogP contribution < -0.4 is 15.1 Å². The van der Waals surface area contributed by atoms with Gasteiger partial charge in [0.1, 0.15) is 12.4 Å². The van der Waals surface area contributed by atoms with E-state index in [0.717, 1.165) is 22.4 Å². The molecule has 0 aromatic heterocycles. The van der Waals surface area contributed by atoms with Gasteiger partial charge in [-0.15, -0.1) is 0 Å². The number of carbonyl (C=O) groups is 2. The average molecular weight is 462 g/mol. The fraction of sp³-hybridized carbons (Fsp3) is 0.192. The number of hydrogen-bond acceptors (Lipinski definition) is 4. The quantitative estimate of drug-likeness (QED) is 0.408. The molecule has 33 heavy (non-hydrogen) atoms. The fourth-order valence-corrected chi connectivity index (χ4v) is 3.77. The van der Waals surface area contributed by atoms with E-state index in [0.29, 0.717) is 23.9 Å². The predicted molar refractivity (Wildman–Crippen MR) is 130 cm³/mol. The Kier molecular flexibility index (Phi) is 7.05. The maximum Gasteiger partial charge on any atom is 0.245 e. The third-order valence-corrected chi connectivity index (χ3v) is 5.81. The zero-order valence-corrected chi connectivity index (χ0v) is 19.0. The molecule has 1 heterocycles. The van der Waals surface area contributed by atoms with E-state index >= 15 is 0 Å². The van der Waals surface area contributed by atoms with Gasteiger partial charge >= 0.3 is 0 Å². The second kappa shape index (κ2) is 10.3. The van der Waals surface area contributed by atoms with E-state index in [9.17, 15) is 9.59 Å². The Labute approximate surface area is 197 Å². The Morgan fingerprint density at radius 1 is 1.15 bits per heavy atom. The Morgan fingerprint density at radius 2 is 1.94 bits per heavy atom. The highest BCUT2D eigenvalue weighted by atomic mass is 35.5. The van der Waals surface area contributed by atoms with Crippen molar-refractivity contribution in [2.75, 3.05) is 11.4 Å². The molecule has 1 atom stereocenters. The molecule has 4 rings (SSSR count). The lowest BCUT2D eigenvalue weighted by Crippen LogP contribution is -2.30. The molecule has 3 aromatic rings. The minimum absolute atomic E-state index is 0.0636. The van der Waals surface area contributed by atoms with Gasteiger partial charge in [-0.3, -0.25) is 9.59 Å². The summed E-state index contributed by atoms with van der Waals surface area (Å²) in [5.74, 6) is -0.117. The first-order valence-corrected chi connectivity index (χ1v) is 11.0. The van der Waals surface area contributed by atoms with E-state index in [1.807, 2.05) is 79.7 Å². The van der Waals surface area contributed by atoms with Crippen molar-refractivity contribution in [3.05, 3.63) is 94.5 Å². The highest BCUT2D eigenvalue weighted by Gasteiger charge is 2.35. The Balaban J connectivity index is 1.31. The number of anilines is 1. The van der Waals surface area contributed by atoms with Gasteiger partial charge in [-0.25, -0.2) is 5.43 Å². The van der Waals surface area contributed by atoms with Gasteiger partial charge in [0, 0.05) is 29.2 Å². The van der Waals surface area contributed by atoms with Gasteiger partial charge in [0.05, 0.1) is 12.1 Å². The second-order valence-corrected chi connectivity index (χ2v) is 8.33. The van der Waals surface area contributed by atoms with Crippen LogP contribution in [0.5, 0.6) is 5.75 Å². The van der Waals surface area contributed by atoms with Crippen molar-refractivity contribution in [2.45, 2.75) is 20.0 Å². The van der Waals surface area contributed by atoms with Gasteiger partial charge in [0.2, 0.25) is 11.8 Å². The molecule has 168 valence electrons. The van der Waals surface area contributed by atoms with Gasteiger partial charge in [-0.1, -0.05) is 59.6 Å². The van der Waals surface area contributed by atoms with Crippen LogP contribution in [0.25, 0.3) is 0 Å². The lowest BCUT2D eigenvalue weighted by molar-refractivity contribution is -0.126. The molecule has 0 aliphatic carbocycles. The molecule has 0 unspecified atom stereocenters. The number of carbonyl (C=O) groups excluding carboxylic acids is 2. The van der Waals surface area contributed by atoms with Crippen LogP contribution >= 0.6 is 11.6 Å². The van der Waals surface area contributed by atoms with E-state index in [4.69, 9.17) is 16.3 Å². The SMILES string of the molecule is Cc1ccc(N2C[C@H](C(=O)N/N=C/c3cccc(OCc4ccccc4Cl)c3)CC2=O)cc1. The van der Waals surface area contributed by atoms with Crippen LogP contribution in [0.4, 0.5) is 5.69 Å². The number of nitrogens with zero attached hydrogens (tertiary/aromatic N) is 2. The summed E-state index contributed by atoms with van der Waals surface area (Å²) in [5, 5.41) is 4.72. The number of benzene rings is 3. The lowest BCUT2D eigenvalue weighted by atomic mass is 10.1. The van der Waals surface area contributed by atoms with Crippen LogP contribution in [0.15, 0.2) is 77.9 Å². The summed E-state index contributed by atoms with van der Waals surface area (Å²) in [6.45, 7) is 2.68. The molecule has 2 amide bonds. The minimum Gasteiger partial charge on any atom is -0.489 e. The smallest absolute Gasteiger partial charge is 0.245 e. The van der Waals surface area contributed by atoms with Crippen molar-refractivity contribution < 1.29 is 14.3 Å². The average Bonchev–Trinajstić information content (AvgIpc) is 3.21. The van der Waals surface area contributed by atoms with Crippen LogP contribution in [0.1, 0.15) is 23.1 Å². The van der Waals surface area contributed by atoms with Crippen LogP contribution in [0.2, 0.25) is 5.02 Å². The first-order valence-electron chi connectivity index (χ1n) is 10.7. The highest BCUT2D eigenvalue weighted by molar-refractivity contribution is 6.31. The van der Waals surface area contributed by atoms with E-state index in [2.05, 4.69) is 10.5 Å². The molecule has 6 nitrogen and oxygen atoms in total. The van der Waals surface area contributed by atoms with Gasteiger partial charge in [0.25, 0.3) is 0 Å². The van der Waals surface area contributed by atoms with E-state index < -0.39 is 5.92 Å². The molecule has 3 aromatic carbocycles. The zero-order chi connectivity index (χ0) is 23.2. The Morgan fingerprint density at radius 3 is 2.73 bits per heavy atom. The summed E-state index contributed by atoms with van der Waals surface area (Å²) in [7, 11) is 0. The largest absolute Gasteiger partial charge is 0.489 e. The standard InChI is InChI=1S/C26H24ClN3O3/c1-18-9-11-22(12-10-18)30-16-21(14-25(30)31)26(32)29-28-15-19-5-4-7-23(13-19)33-17-20-6-2-3-8-24(20)27/h2-13,15,21H,14,16-17H2,1H3,(H,29,32)/b28-15+/t21-/m1/s1. The molecule has 7 heteroatoms. The minimum atomic E-state index is -0.443. The highest BCUT2D eigenvalue weighted by Crippen LogP contribution is 2.25. The van der Waals surface area contributed by atoms with E-state index in [1.54, 1.807) is 11.1 Å². The maximum absolute atomic E-state index is 12.5. The van der Waals surface area contributed by atoms with Crippen molar-refractivity contribution in [3.63, 3.8) is 0 Å². The normalized spacial score (nSPS) is 15.8. The third-order valence-electron chi connectivity index (χ3n) is 5.44. The third kappa shape index (κ3) is 5.79. The molecule has 0 saturated carbocycles. The van der Waals surface area contributed by atoms with Crippen LogP contribution in [0.3, 0.4) is 0 Å².